The highest BCUT2D eigenvalue weighted by molar-refractivity contribution is 5.68. The Morgan fingerprint density at radius 2 is 1.93 bits per heavy atom. The first-order valence-corrected chi connectivity index (χ1v) is 5.71. The quantitative estimate of drug-likeness (QED) is 0.641. The van der Waals surface area contributed by atoms with E-state index in [1.54, 1.807) is 0 Å². The van der Waals surface area contributed by atoms with E-state index in [9.17, 15) is 4.79 Å². The Hall–Kier alpha value is -0.610. The lowest BCUT2D eigenvalue weighted by Crippen LogP contribution is -2.49. The van der Waals surface area contributed by atoms with E-state index >= 15 is 0 Å². The molecule has 1 fully saturated rings. The van der Waals surface area contributed by atoms with E-state index in [1.165, 1.54) is 0 Å². The summed E-state index contributed by atoms with van der Waals surface area (Å²) in [4.78, 5) is 15.7. The lowest BCUT2D eigenvalue weighted by Gasteiger charge is -2.36. The molecule has 0 aliphatic carbocycles. The zero-order valence-corrected chi connectivity index (χ0v) is 10.0. The summed E-state index contributed by atoms with van der Waals surface area (Å²) in [6.07, 6.45) is 0.468. The van der Waals surface area contributed by atoms with E-state index in [0.29, 0.717) is 19.1 Å². The molecule has 1 saturated heterocycles. The van der Waals surface area contributed by atoms with Gasteiger partial charge in [0.25, 0.3) is 0 Å². The molecular weight excluding hydrogens is 192 g/mol. The summed E-state index contributed by atoms with van der Waals surface area (Å²) in [7, 11) is 2.14. The molecule has 4 heteroatoms. The number of carbonyl (C=O) groups excluding carboxylic acids is 1. The van der Waals surface area contributed by atoms with Gasteiger partial charge >= 0.3 is 5.97 Å². The Morgan fingerprint density at radius 1 is 1.33 bits per heavy atom. The van der Waals surface area contributed by atoms with E-state index in [0.717, 1.165) is 26.2 Å². The molecule has 0 aromatic carbocycles. The van der Waals surface area contributed by atoms with Crippen LogP contribution in [-0.2, 0) is 9.53 Å². The zero-order chi connectivity index (χ0) is 11.3. The van der Waals surface area contributed by atoms with Gasteiger partial charge in [-0.2, -0.15) is 0 Å². The summed E-state index contributed by atoms with van der Waals surface area (Å²) in [5, 5.41) is 0. The normalized spacial score (nSPS) is 21.3. The van der Waals surface area contributed by atoms with Gasteiger partial charge in [-0.15, -0.1) is 0 Å². The highest BCUT2D eigenvalue weighted by Gasteiger charge is 2.19. The van der Waals surface area contributed by atoms with Crippen LogP contribution in [0.25, 0.3) is 0 Å². The molecule has 0 amide bonds. The topological polar surface area (TPSA) is 32.8 Å². The summed E-state index contributed by atoms with van der Waals surface area (Å²) in [6, 6.07) is 0.342. The monoisotopic (exact) mass is 214 g/mol. The number of rotatable bonds is 4. The van der Waals surface area contributed by atoms with Crippen molar-refractivity contribution in [3.05, 3.63) is 0 Å². The van der Waals surface area contributed by atoms with Crippen molar-refractivity contribution in [1.29, 1.82) is 0 Å². The largest absolute Gasteiger partial charge is 0.464 e. The minimum Gasteiger partial charge on any atom is -0.464 e. The summed E-state index contributed by atoms with van der Waals surface area (Å²) < 4.78 is 5.14. The molecule has 0 bridgehead atoms. The second-order valence-electron chi connectivity index (χ2n) is 4.22. The molecule has 4 nitrogen and oxygen atoms in total. The summed E-state index contributed by atoms with van der Waals surface area (Å²) in [6.45, 7) is 8.81. The average molecular weight is 214 g/mol. The molecule has 0 aromatic heterocycles. The second kappa shape index (κ2) is 6.08. The highest BCUT2D eigenvalue weighted by Crippen LogP contribution is 2.05. The van der Waals surface area contributed by atoms with Gasteiger partial charge in [0.05, 0.1) is 0 Å². The first-order valence-electron chi connectivity index (χ1n) is 5.71. The predicted octanol–water partition coefficient (Wildman–Crippen LogP) is 0.576. The molecule has 0 aromatic rings. The van der Waals surface area contributed by atoms with Crippen LogP contribution in [0.15, 0.2) is 0 Å². The standard InChI is InChI=1S/C11H22N2O2/c1-4-11(14)15-9-10(2)13-7-5-12(3)6-8-13/h10H,4-9H2,1-3H3. The van der Waals surface area contributed by atoms with Gasteiger partial charge in [0.2, 0.25) is 0 Å². The summed E-state index contributed by atoms with van der Waals surface area (Å²) in [5.74, 6) is -0.101. The number of hydrogen-bond acceptors (Lipinski definition) is 4. The third kappa shape index (κ3) is 4.18. The second-order valence-corrected chi connectivity index (χ2v) is 4.22. The summed E-state index contributed by atoms with van der Waals surface area (Å²) in [5.41, 5.74) is 0. The molecule has 1 aliphatic heterocycles. The van der Waals surface area contributed by atoms with Crippen molar-refractivity contribution in [2.24, 2.45) is 0 Å². The molecule has 1 rings (SSSR count). The molecule has 0 N–H and O–H groups in total. The van der Waals surface area contributed by atoms with E-state index < -0.39 is 0 Å². The first-order chi connectivity index (χ1) is 7.13. The number of carbonyl (C=O) groups is 1. The van der Waals surface area contributed by atoms with Crippen LogP contribution in [0.2, 0.25) is 0 Å². The Balaban J connectivity index is 2.22. The number of hydrogen-bond donors (Lipinski definition) is 0. The van der Waals surface area contributed by atoms with Crippen molar-refractivity contribution >= 4 is 5.97 Å². The molecule has 0 radical (unpaired) electrons. The van der Waals surface area contributed by atoms with Crippen molar-refractivity contribution in [2.75, 3.05) is 39.8 Å². The van der Waals surface area contributed by atoms with Crippen molar-refractivity contribution in [3.63, 3.8) is 0 Å². The highest BCUT2D eigenvalue weighted by atomic mass is 16.5. The Bertz CT molecular complexity index is 201. The fourth-order valence-electron chi connectivity index (χ4n) is 1.68. The molecule has 15 heavy (non-hydrogen) atoms. The number of ether oxygens (including phenoxy) is 1. The van der Waals surface area contributed by atoms with Gasteiger partial charge in [0, 0.05) is 38.6 Å². The zero-order valence-electron chi connectivity index (χ0n) is 10.0. The van der Waals surface area contributed by atoms with Gasteiger partial charge in [-0.1, -0.05) is 6.92 Å². The predicted molar refractivity (Wildman–Crippen MR) is 59.8 cm³/mol. The minimum atomic E-state index is -0.101. The molecular formula is C11H22N2O2. The van der Waals surface area contributed by atoms with E-state index in [4.69, 9.17) is 4.74 Å². The first kappa shape index (κ1) is 12.5. The fourth-order valence-corrected chi connectivity index (χ4v) is 1.68. The van der Waals surface area contributed by atoms with E-state index in [1.807, 2.05) is 6.92 Å². The third-order valence-electron chi connectivity index (χ3n) is 2.94. The number of nitrogens with zero attached hydrogens (tertiary/aromatic N) is 2. The summed E-state index contributed by atoms with van der Waals surface area (Å²) >= 11 is 0. The molecule has 0 spiro atoms. The number of esters is 1. The van der Waals surface area contributed by atoms with Crippen molar-refractivity contribution in [1.82, 2.24) is 9.80 Å². The fraction of sp³-hybridized carbons (Fsp3) is 0.909. The van der Waals surface area contributed by atoms with Crippen LogP contribution in [0.1, 0.15) is 20.3 Å². The maximum absolute atomic E-state index is 11.0. The molecule has 0 saturated carbocycles. The van der Waals surface area contributed by atoms with Gasteiger partial charge in [-0.25, -0.2) is 0 Å². The van der Waals surface area contributed by atoms with Crippen LogP contribution in [0, 0.1) is 0 Å². The number of piperazine rings is 1. The molecule has 1 unspecified atom stereocenters. The van der Waals surface area contributed by atoms with Crippen molar-refractivity contribution in [2.45, 2.75) is 26.3 Å². The van der Waals surface area contributed by atoms with Gasteiger partial charge < -0.3 is 9.64 Å². The van der Waals surface area contributed by atoms with Crippen molar-refractivity contribution < 1.29 is 9.53 Å². The van der Waals surface area contributed by atoms with Gasteiger partial charge in [0.15, 0.2) is 0 Å². The van der Waals surface area contributed by atoms with Crippen LogP contribution in [-0.4, -0.2) is 61.6 Å². The van der Waals surface area contributed by atoms with Gasteiger partial charge in [-0.3, -0.25) is 9.69 Å². The lowest BCUT2D eigenvalue weighted by atomic mass is 10.2. The Morgan fingerprint density at radius 3 is 2.47 bits per heavy atom. The minimum absolute atomic E-state index is 0.101. The van der Waals surface area contributed by atoms with Crippen LogP contribution in [0.3, 0.4) is 0 Å². The Labute approximate surface area is 92.2 Å². The smallest absolute Gasteiger partial charge is 0.305 e. The van der Waals surface area contributed by atoms with Gasteiger partial charge in [-0.05, 0) is 14.0 Å². The maximum Gasteiger partial charge on any atom is 0.305 e. The molecule has 1 aliphatic rings. The van der Waals surface area contributed by atoms with E-state index in [2.05, 4.69) is 23.8 Å². The third-order valence-corrected chi connectivity index (χ3v) is 2.94. The molecule has 88 valence electrons. The molecule has 1 heterocycles. The van der Waals surface area contributed by atoms with Crippen LogP contribution in [0.4, 0.5) is 0 Å². The SMILES string of the molecule is CCC(=O)OCC(C)N1CCN(C)CC1. The van der Waals surface area contributed by atoms with Crippen LogP contribution >= 0.6 is 0 Å². The number of likely N-dealkylation sites (N-methyl/N-ethyl adjacent to an activating group) is 1. The maximum atomic E-state index is 11.0. The van der Waals surface area contributed by atoms with Crippen molar-refractivity contribution in [3.8, 4) is 0 Å². The van der Waals surface area contributed by atoms with Crippen LogP contribution < -0.4 is 0 Å². The van der Waals surface area contributed by atoms with Gasteiger partial charge in [0.1, 0.15) is 6.61 Å². The van der Waals surface area contributed by atoms with Crippen LogP contribution in [0.5, 0.6) is 0 Å². The average Bonchev–Trinajstić information content (AvgIpc) is 2.26. The molecule has 1 atom stereocenters. The lowest BCUT2D eigenvalue weighted by molar-refractivity contribution is -0.145. The Kier molecular flexibility index (Phi) is 5.05. The van der Waals surface area contributed by atoms with E-state index in [-0.39, 0.29) is 5.97 Å².